The van der Waals surface area contributed by atoms with Crippen molar-refractivity contribution in [3.05, 3.63) is 83.0 Å². The minimum atomic E-state index is 1.07. The molecule has 0 aromatic heterocycles. The van der Waals surface area contributed by atoms with Gasteiger partial charge in [0.25, 0.3) is 0 Å². The van der Waals surface area contributed by atoms with E-state index in [4.69, 9.17) is 0 Å². The van der Waals surface area contributed by atoms with Crippen LogP contribution in [0.25, 0.3) is 11.1 Å². The minimum absolute atomic E-state index is 1.07. The fraction of sp³-hybridized carbons (Fsp3) is 0.0588. The van der Waals surface area contributed by atoms with Gasteiger partial charge in [-0.2, -0.15) is 0 Å². The molecule has 0 heteroatoms. The third-order valence-corrected chi connectivity index (χ3v) is 3.68. The van der Waals surface area contributed by atoms with Crippen LogP contribution in [0.5, 0.6) is 0 Å². The SMILES string of the molecule is C1=CC2=C3C(=CC/C3=C/C=C/1)c1ccccc12. The molecule has 1 aromatic carbocycles. The van der Waals surface area contributed by atoms with E-state index >= 15 is 0 Å². The highest BCUT2D eigenvalue weighted by molar-refractivity contribution is 6.07. The smallest absolute Gasteiger partial charge is 0.00668 e. The summed E-state index contributed by atoms with van der Waals surface area (Å²) >= 11 is 0. The standard InChI is InChI=1S/C17H12/c1-2-6-12-10-11-16-14-8-5-4-7-13(14)15(9-3-1)17(12)16/h1-9,11H,10H2/b2-1+,3-1?,6-2?,9-3?,12-6-,15-9?. The molecule has 4 rings (SSSR count). The van der Waals surface area contributed by atoms with E-state index in [1.54, 1.807) is 0 Å². The lowest BCUT2D eigenvalue weighted by atomic mass is 9.99. The van der Waals surface area contributed by atoms with Crippen LogP contribution < -0.4 is 0 Å². The van der Waals surface area contributed by atoms with Gasteiger partial charge in [0, 0.05) is 0 Å². The zero-order valence-corrected chi connectivity index (χ0v) is 9.48. The first kappa shape index (κ1) is 9.00. The molecule has 0 spiro atoms. The van der Waals surface area contributed by atoms with Crippen molar-refractivity contribution in [2.45, 2.75) is 6.42 Å². The van der Waals surface area contributed by atoms with Crippen LogP contribution in [0, 0.1) is 0 Å². The highest BCUT2D eigenvalue weighted by Gasteiger charge is 2.29. The van der Waals surface area contributed by atoms with Crippen LogP contribution in [0.15, 0.2) is 71.9 Å². The van der Waals surface area contributed by atoms with Crippen molar-refractivity contribution in [1.29, 1.82) is 0 Å². The van der Waals surface area contributed by atoms with Crippen molar-refractivity contribution in [1.82, 2.24) is 0 Å². The van der Waals surface area contributed by atoms with E-state index in [1.165, 1.54) is 33.4 Å². The Bertz CT molecular complexity index is 661. The average molecular weight is 216 g/mol. The van der Waals surface area contributed by atoms with Gasteiger partial charge in [0.2, 0.25) is 0 Å². The summed E-state index contributed by atoms with van der Waals surface area (Å²) in [6.07, 6.45) is 14.3. The summed E-state index contributed by atoms with van der Waals surface area (Å²) < 4.78 is 0. The Morgan fingerprint density at radius 3 is 2.71 bits per heavy atom. The van der Waals surface area contributed by atoms with Crippen molar-refractivity contribution in [3.63, 3.8) is 0 Å². The van der Waals surface area contributed by atoms with Crippen molar-refractivity contribution < 1.29 is 0 Å². The lowest BCUT2D eigenvalue weighted by Crippen LogP contribution is -1.84. The lowest BCUT2D eigenvalue weighted by Gasteiger charge is -2.05. The molecule has 3 aliphatic carbocycles. The molecule has 0 fully saturated rings. The number of fused-ring (bicyclic) bond motifs is 3. The maximum Gasteiger partial charge on any atom is -0.00668 e. The van der Waals surface area contributed by atoms with Gasteiger partial charge in [-0.1, -0.05) is 60.7 Å². The number of allylic oxidation sites excluding steroid dienone is 10. The van der Waals surface area contributed by atoms with Crippen LogP contribution in [0.4, 0.5) is 0 Å². The maximum atomic E-state index is 2.36. The van der Waals surface area contributed by atoms with Gasteiger partial charge < -0.3 is 0 Å². The van der Waals surface area contributed by atoms with Gasteiger partial charge in [0.05, 0.1) is 0 Å². The van der Waals surface area contributed by atoms with E-state index in [-0.39, 0.29) is 0 Å². The maximum absolute atomic E-state index is 2.36. The molecular formula is C17H12. The molecule has 0 radical (unpaired) electrons. The third kappa shape index (κ3) is 1.13. The van der Waals surface area contributed by atoms with E-state index in [2.05, 4.69) is 60.7 Å². The van der Waals surface area contributed by atoms with Crippen molar-refractivity contribution in [2.75, 3.05) is 0 Å². The van der Waals surface area contributed by atoms with Gasteiger partial charge in [0.15, 0.2) is 0 Å². The minimum Gasteiger partial charge on any atom is -0.0716 e. The second kappa shape index (κ2) is 3.21. The van der Waals surface area contributed by atoms with E-state index in [9.17, 15) is 0 Å². The number of hydrogen-bond acceptors (Lipinski definition) is 0. The second-order valence-electron chi connectivity index (χ2n) is 4.59. The van der Waals surface area contributed by atoms with Gasteiger partial charge in [0.1, 0.15) is 0 Å². The van der Waals surface area contributed by atoms with Crippen molar-refractivity contribution in [3.8, 4) is 0 Å². The van der Waals surface area contributed by atoms with Gasteiger partial charge in [-0.15, -0.1) is 0 Å². The zero-order valence-electron chi connectivity index (χ0n) is 9.48. The molecule has 0 aliphatic heterocycles. The normalized spacial score (nSPS) is 24.5. The summed E-state index contributed by atoms with van der Waals surface area (Å²) in [5.74, 6) is 0. The Hall–Kier alpha value is -2.08. The van der Waals surface area contributed by atoms with Gasteiger partial charge in [-0.25, -0.2) is 0 Å². The fourth-order valence-electron chi connectivity index (χ4n) is 2.95. The predicted molar refractivity (Wildman–Crippen MR) is 72.3 cm³/mol. The van der Waals surface area contributed by atoms with Crippen LogP contribution >= 0.6 is 0 Å². The summed E-state index contributed by atoms with van der Waals surface area (Å²) in [6, 6.07) is 8.71. The van der Waals surface area contributed by atoms with Crippen LogP contribution in [0.2, 0.25) is 0 Å². The van der Waals surface area contributed by atoms with Crippen LogP contribution in [0.3, 0.4) is 0 Å². The van der Waals surface area contributed by atoms with Crippen LogP contribution in [-0.2, 0) is 0 Å². The quantitative estimate of drug-likeness (QED) is 0.606. The highest BCUT2D eigenvalue weighted by Crippen LogP contribution is 2.49. The largest absolute Gasteiger partial charge is 0.0716 e. The molecule has 0 heterocycles. The topological polar surface area (TPSA) is 0 Å². The molecule has 80 valence electrons. The monoisotopic (exact) mass is 216 g/mol. The number of rotatable bonds is 0. The average Bonchev–Trinajstić information content (AvgIpc) is 2.84. The molecule has 0 atom stereocenters. The molecule has 0 nitrogen and oxygen atoms in total. The molecule has 0 bridgehead atoms. The fourth-order valence-corrected chi connectivity index (χ4v) is 2.95. The lowest BCUT2D eigenvalue weighted by molar-refractivity contribution is 1.32. The number of benzene rings is 1. The molecule has 0 amide bonds. The number of hydrogen-bond donors (Lipinski definition) is 0. The molecule has 0 unspecified atom stereocenters. The van der Waals surface area contributed by atoms with E-state index < -0.39 is 0 Å². The third-order valence-electron chi connectivity index (χ3n) is 3.68. The van der Waals surface area contributed by atoms with Crippen LogP contribution in [0.1, 0.15) is 17.5 Å². The summed E-state index contributed by atoms with van der Waals surface area (Å²) in [6.45, 7) is 0. The van der Waals surface area contributed by atoms with Crippen LogP contribution in [-0.4, -0.2) is 0 Å². The first-order chi connectivity index (χ1) is 8.45. The Balaban J connectivity index is 2.07. The molecule has 0 saturated heterocycles. The predicted octanol–water partition coefficient (Wildman–Crippen LogP) is 4.29. The molecule has 0 N–H and O–H groups in total. The highest BCUT2D eigenvalue weighted by atomic mass is 14.3. The Morgan fingerprint density at radius 1 is 0.882 bits per heavy atom. The Morgan fingerprint density at radius 2 is 1.76 bits per heavy atom. The Labute approximate surface area is 101 Å². The summed E-state index contributed by atoms with van der Waals surface area (Å²) in [7, 11) is 0. The van der Waals surface area contributed by atoms with E-state index in [0.29, 0.717) is 0 Å². The molecule has 1 aromatic rings. The van der Waals surface area contributed by atoms with Crippen molar-refractivity contribution >= 4 is 11.1 Å². The summed E-state index contributed by atoms with van der Waals surface area (Å²) in [5.41, 5.74) is 8.50. The first-order valence-corrected chi connectivity index (χ1v) is 6.04. The molecular weight excluding hydrogens is 204 g/mol. The molecule has 17 heavy (non-hydrogen) atoms. The van der Waals surface area contributed by atoms with E-state index in [0.717, 1.165) is 6.42 Å². The van der Waals surface area contributed by atoms with Gasteiger partial charge in [-0.05, 0) is 39.8 Å². The summed E-state index contributed by atoms with van der Waals surface area (Å²) in [5, 5.41) is 0. The molecule has 3 aliphatic rings. The summed E-state index contributed by atoms with van der Waals surface area (Å²) in [4.78, 5) is 0. The Kier molecular flexibility index (Phi) is 1.70. The van der Waals surface area contributed by atoms with Gasteiger partial charge >= 0.3 is 0 Å². The second-order valence-corrected chi connectivity index (χ2v) is 4.59. The van der Waals surface area contributed by atoms with E-state index in [1.807, 2.05) is 0 Å². The van der Waals surface area contributed by atoms with Crippen molar-refractivity contribution in [2.24, 2.45) is 0 Å². The molecule has 0 saturated carbocycles. The first-order valence-electron chi connectivity index (χ1n) is 6.04. The van der Waals surface area contributed by atoms with Gasteiger partial charge in [-0.3, -0.25) is 0 Å². The zero-order chi connectivity index (χ0) is 11.2.